The molecule has 1 heterocycles. The molecule has 0 aliphatic rings. The monoisotopic (exact) mass is 278 g/mol. The number of hydrogen-bond donors (Lipinski definition) is 1. The number of rotatable bonds is 6. The molecule has 5 nitrogen and oxygen atoms in total. The molecular formula is C10H16ClN2O3P. The molecule has 0 amide bonds. The van der Waals surface area contributed by atoms with E-state index in [9.17, 15) is 4.57 Å². The predicted molar refractivity (Wildman–Crippen MR) is 68.2 cm³/mol. The van der Waals surface area contributed by atoms with Crippen molar-refractivity contribution >= 4 is 25.0 Å². The van der Waals surface area contributed by atoms with Crippen molar-refractivity contribution in [1.82, 2.24) is 4.98 Å². The Hall–Kier alpha value is -0.610. The number of anilines is 1. The van der Waals surface area contributed by atoms with Gasteiger partial charge in [0.2, 0.25) is 0 Å². The number of nitrogens with zero attached hydrogens (tertiary/aromatic N) is 1. The molecule has 0 aromatic carbocycles. The van der Waals surface area contributed by atoms with Gasteiger partial charge in [0.05, 0.1) is 25.1 Å². The third-order valence-corrected chi connectivity index (χ3v) is 4.10. The summed E-state index contributed by atoms with van der Waals surface area (Å²) in [6.45, 7) is 4.14. The average molecular weight is 279 g/mol. The molecule has 0 unspecified atom stereocenters. The summed E-state index contributed by atoms with van der Waals surface area (Å²) in [5.74, 6) is 0.284. The van der Waals surface area contributed by atoms with E-state index in [0.29, 0.717) is 23.9 Å². The van der Waals surface area contributed by atoms with Crippen LogP contribution in [0.15, 0.2) is 12.1 Å². The third kappa shape index (κ3) is 4.64. The van der Waals surface area contributed by atoms with Crippen molar-refractivity contribution in [2.24, 2.45) is 0 Å². The minimum Gasteiger partial charge on any atom is -0.384 e. The summed E-state index contributed by atoms with van der Waals surface area (Å²) in [6.07, 6.45) is 0.0689. The Kier molecular flexibility index (Phi) is 5.40. The van der Waals surface area contributed by atoms with Crippen LogP contribution in [0.1, 0.15) is 19.5 Å². The molecule has 0 bridgehead atoms. The first-order valence-electron chi connectivity index (χ1n) is 5.29. The fourth-order valence-electron chi connectivity index (χ4n) is 1.37. The Bertz CT molecular complexity index is 398. The van der Waals surface area contributed by atoms with Gasteiger partial charge in [0.1, 0.15) is 5.82 Å². The lowest BCUT2D eigenvalue weighted by atomic mass is 10.4. The van der Waals surface area contributed by atoms with Gasteiger partial charge in [-0.15, -0.1) is 0 Å². The van der Waals surface area contributed by atoms with Crippen molar-refractivity contribution in [3.63, 3.8) is 0 Å². The van der Waals surface area contributed by atoms with Gasteiger partial charge in [0.15, 0.2) is 0 Å². The first kappa shape index (κ1) is 14.5. The summed E-state index contributed by atoms with van der Waals surface area (Å²) in [5.41, 5.74) is 6.06. The maximum absolute atomic E-state index is 12.2. The highest BCUT2D eigenvalue weighted by Gasteiger charge is 2.25. The minimum absolute atomic E-state index is 0.0689. The van der Waals surface area contributed by atoms with Crippen LogP contribution in [0, 0.1) is 0 Å². The van der Waals surface area contributed by atoms with E-state index in [0.717, 1.165) is 0 Å². The molecule has 0 atom stereocenters. The Labute approximate surface area is 106 Å². The molecule has 0 aliphatic heterocycles. The molecular weight excluding hydrogens is 263 g/mol. The van der Waals surface area contributed by atoms with E-state index in [1.165, 1.54) is 6.07 Å². The first-order chi connectivity index (χ1) is 7.99. The van der Waals surface area contributed by atoms with Crippen LogP contribution in [0.3, 0.4) is 0 Å². The second-order valence-electron chi connectivity index (χ2n) is 3.31. The number of pyridine rings is 1. The third-order valence-electron chi connectivity index (χ3n) is 1.87. The van der Waals surface area contributed by atoms with E-state index in [4.69, 9.17) is 26.4 Å². The summed E-state index contributed by atoms with van der Waals surface area (Å²) in [7, 11) is -3.16. The van der Waals surface area contributed by atoms with Crippen molar-refractivity contribution in [1.29, 1.82) is 0 Å². The second kappa shape index (κ2) is 6.36. The quantitative estimate of drug-likeness (QED) is 0.809. The molecule has 1 aromatic rings. The fourth-order valence-corrected chi connectivity index (χ4v) is 3.21. The lowest BCUT2D eigenvalue weighted by molar-refractivity contribution is 0.219. The van der Waals surface area contributed by atoms with Crippen LogP contribution in [-0.4, -0.2) is 18.2 Å². The summed E-state index contributed by atoms with van der Waals surface area (Å²) in [4.78, 5) is 4.04. The molecule has 1 rings (SSSR count). The Morgan fingerprint density at radius 3 is 2.41 bits per heavy atom. The largest absolute Gasteiger partial charge is 0.384 e. The molecule has 1 aromatic heterocycles. The van der Waals surface area contributed by atoms with E-state index in [1.54, 1.807) is 19.9 Å². The smallest absolute Gasteiger partial charge is 0.336 e. The van der Waals surface area contributed by atoms with Gasteiger partial charge in [-0.1, -0.05) is 11.6 Å². The van der Waals surface area contributed by atoms with Gasteiger partial charge in [-0.25, -0.2) is 4.98 Å². The number of aromatic nitrogens is 1. The number of hydrogen-bond acceptors (Lipinski definition) is 5. The van der Waals surface area contributed by atoms with E-state index in [1.807, 2.05) is 0 Å². The molecule has 0 radical (unpaired) electrons. The molecule has 7 heteroatoms. The first-order valence-corrected chi connectivity index (χ1v) is 7.39. The molecule has 0 saturated heterocycles. The summed E-state index contributed by atoms with van der Waals surface area (Å²) in [6, 6.07) is 3.12. The second-order valence-corrected chi connectivity index (χ2v) is 5.80. The van der Waals surface area contributed by atoms with Crippen molar-refractivity contribution in [2.45, 2.75) is 20.0 Å². The highest BCUT2D eigenvalue weighted by atomic mass is 35.5. The number of nitrogens with two attached hydrogens (primary N) is 1. The Morgan fingerprint density at radius 2 is 1.94 bits per heavy atom. The van der Waals surface area contributed by atoms with Gasteiger partial charge in [0, 0.05) is 5.02 Å². The van der Waals surface area contributed by atoms with Crippen LogP contribution >= 0.6 is 19.2 Å². The average Bonchev–Trinajstić information content (AvgIpc) is 2.15. The van der Waals surface area contributed by atoms with Crippen molar-refractivity contribution in [3.05, 3.63) is 22.8 Å². The zero-order valence-corrected chi connectivity index (χ0v) is 11.5. The van der Waals surface area contributed by atoms with Crippen LogP contribution in [0.25, 0.3) is 0 Å². The van der Waals surface area contributed by atoms with E-state index < -0.39 is 7.60 Å². The summed E-state index contributed by atoms with van der Waals surface area (Å²) in [5, 5.41) is 0.451. The Balaban J connectivity index is 2.89. The topological polar surface area (TPSA) is 74.4 Å². The molecule has 0 spiro atoms. The molecule has 0 fully saturated rings. The number of halogens is 1. The van der Waals surface area contributed by atoms with Gasteiger partial charge < -0.3 is 14.8 Å². The predicted octanol–water partition coefficient (Wildman–Crippen LogP) is 3.08. The molecule has 0 aliphatic carbocycles. The standard InChI is InChI=1S/C10H16ClN2O3P/c1-3-15-17(14,16-4-2)7-9-5-8(11)6-10(12)13-9/h5-6H,3-4,7H2,1-2H3,(H2,12,13). The zero-order valence-electron chi connectivity index (χ0n) is 9.85. The molecule has 0 saturated carbocycles. The van der Waals surface area contributed by atoms with Crippen LogP contribution < -0.4 is 5.73 Å². The van der Waals surface area contributed by atoms with Gasteiger partial charge in [-0.05, 0) is 26.0 Å². The highest BCUT2D eigenvalue weighted by molar-refractivity contribution is 7.53. The Morgan fingerprint density at radius 1 is 1.35 bits per heavy atom. The van der Waals surface area contributed by atoms with Crippen molar-refractivity contribution in [3.8, 4) is 0 Å². The summed E-state index contributed by atoms with van der Waals surface area (Å²) >= 11 is 5.84. The summed E-state index contributed by atoms with van der Waals surface area (Å²) < 4.78 is 22.6. The van der Waals surface area contributed by atoms with E-state index in [2.05, 4.69) is 4.98 Å². The van der Waals surface area contributed by atoms with Gasteiger partial charge in [-0.3, -0.25) is 4.57 Å². The SMILES string of the molecule is CCOP(=O)(Cc1cc(Cl)cc(N)n1)OCC. The van der Waals surface area contributed by atoms with Crippen molar-refractivity contribution in [2.75, 3.05) is 18.9 Å². The molecule has 96 valence electrons. The fraction of sp³-hybridized carbons (Fsp3) is 0.500. The highest BCUT2D eigenvalue weighted by Crippen LogP contribution is 2.51. The minimum atomic E-state index is -3.16. The zero-order chi connectivity index (χ0) is 12.9. The normalized spacial score (nSPS) is 11.7. The maximum atomic E-state index is 12.2. The molecule has 17 heavy (non-hydrogen) atoms. The van der Waals surface area contributed by atoms with Crippen LogP contribution in [-0.2, 0) is 19.8 Å². The van der Waals surface area contributed by atoms with E-state index in [-0.39, 0.29) is 12.0 Å². The number of nitrogen functional groups attached to an aromatic ring is 1. The maximum Gasteiger partial charge on any atom is 0.336 e. The van der Waals surface area contributed by atoms with Gasteiger partial charge in [-0.2, -0.15) is 0 Å². The van der Waals surface area contributed by atoms with E-state index >= 15 is 0 Å². The van der Waals surface area contributed by atoms with Gasteiger partial charge >= 0.3 is 7.60 Å². The lowest BCUT2D eigenvalue weighted by Gasteiger charge is -2.16. The van der Waals surface area contributed by atoms with Crippen LogP contribution in [0.2, 0.25) is 5.02 Å². The van der Waals surface area contributed by atoms with Gasteiger partial charge in [0.25, 0.3) is 0 Å². The van der Waals surface area contributed by atoms with Crippen LogP contribution in [0.5, 0.6) is 0 Å². The van der Waals surface area contributed by atoms with Crippen molar-refractivity contribution < 1.29 is 13.6 Å². The molecule has 2 N–H and O–H groups in total. The van der Waals surface area contributed by atoms with Crippen LogP contribution in [0.4, 0.5) is 5.82 Å². The lowest BCUT2D eigenvalue weighted by Crippen LogP contribution is -2.02.